The topological polar surface area (TPSA) is 58.4 Å². The monoisotopic (exact) mass is 391 g/mol. The summed E-state index contributed by atoms with van der Waals surface area (Å²) in [4.78, 5) is 14.5. The molecule has 1 heterocycles. The summed E-state index contributed by atoms with van der Waals surface area (Å²) in [5, 5.41) is 3.04. The molecule has 0 bridgehead atoms. The first-order chi connectivity index (χ1) is 11.1. The van der Waals surface area contributed by atoms with Gasteiger partial charge in [0.2, 0.25) is 5.91 Å². The van der Waals surface area contributed by atoms with Crippen molar-refractivity contribution in [2.24, 2.45) is 11.7 Å². The summed E-state index contributed by atoms with van der Waals surface area (Å²) in [6.45, 7) is 3.15. The highest BCUT2D eigenvalue weighted by Gasteiger charge is 2.37. The molecule has 1 aromatic carbocycles. The number of likely N-dealkylation sites (tertiary alicyclic amines) is 1. The van der Waals surface area contributed by atoms with Gasteiger partial charge in [-0.1, -0.05) is 31.0 Å². The summed E-state index contributed by atoms with van der Waals surface area (Å²) >= 11 is 0. The third-order valence-electron chi connectivity index (χ3n) is 5.22. The lowest BCUT2D eigenvalue weighted by Gasteiger charge is -2.23. The summed E-state index contributed by atoms with van der Waals surface area (Å²) in [5.41, 5.74) is 6.26. The lowest BCUT2D eigenvalue weighted by molar-refractivity contribution is -0.126. The standard InChI is InChI=1S/C18H26FN3O.2ClH/c19-16-6-2-1-5-15(16)13-22-10-7-14(12-22)11-21-17(23)18(20)8-3-4-9-18;;/h1-2,5-6,14H,3-4,7-13,20H2,(H,21,23);2*1H. The molecule has 2 fully saturated rings. The van der Waals surface area contributed by atoms with E-state index in [0.29, 0.717) is 19.0 Å². The highest BCUT2D eigenvalue weighted by molar-refractivity contribution is 5.86. The van der Waals surface area contributed by atoms with Gasteiger partial charge in [0.1, 0.15) is 5.82 Å². The van der Waals surface area contributed by atoms with Crippen LogP contribution >= 0.6 is 24.8 Å². The van der Waals surface area contributed by atoms with Crippen LogP contribution in [-0.4, -0.2) is 36.0 Å². The van der Waals surface area contributed by atoms with Crippen molar-refractivity contribution in [3.8, 4) is 0 Å². The fraction of sp³-hybridized carbons (Fsp3) is 0.611. The Morgan fingerprint density at radius 3 is 2.64 bits per heavy atom. The maximum absolute atomic E-state index is 13.7. The van der Waals surface area contributed by atoms with Gasteiger partial charge in [0.25, 0.3) is 0 Å². The van der Waals surface area contributed by atoms with Gasteiger partial charge in [0, 0.05) is 25.2 Å². The quantitative estimate of drug-likeness (QED) is 0.810. The number of hydrogen-bond donors (Lipinski definition) is 2. The van der Waals surface area contributed by atoms with Crippen LogP contribution in [0.3, 0.4) is 0 Å². The zero-order valence-electron chi connectivity index (χ0n) is 14.4. The number of benzene rings is 1. The van der Waals surface area contributed by atoms with Gasteiger partial charge in [-0.05, 0) is 37.8 Å². The van der Waals surface area contributed by atoms with Crippen LogP contribution in [0.4, 0.5) is 4.39 Å². The van der Waals surface area contributed by atoms with E-state index in [1.54, 1.807) is 6.07 Å². The molecule has 1 aliphatic carbocycles. The van der Waals surface area contributed by atoms with E-state index in [-0.39, 0.29) is 36.5 Å². The number of hydrogen-bond acceptors (Lipinski definition) is 3. The summed E-state index contributed by atoms with van der Waals surface area (Å²) in [6.07, 6.45) is 4.71. The van der Waals surface area contributed by atoms with E-state index in [9.17, 15) is 9.18 Å². The summed E-state index contributed by atoms with van der Waals surface area (Å²) in [6, 6.07) is 6.93. The normalized spacial score (nSPS) is 22.1. The van der Waals surface area contributed by atoms with Crippen LogP contribution in [0, 0.1) is 11.7 Å². The molecule has 25 heavy (non-hydrogen) atoms. The van der Waals surface area contributed by atoms with Gasteiger partial charge < -0.3 is 11.1 Å². The van der Waals surface area contributed by atoms with Crippen LogP contribution in [0.25, 0.3) is 0 Å². The second-order valence-electron chi connectivity index (χ2n) is 7.05. The molecule has 0 spiro atoms. The Morgan fingerprint density at radius 1 is 1.28 bits per heavy atom. The predicted molar refractivity (Wildman–Crippen MR) is 103 cm³/mol. The lowest BCUT2D eigenvalue weighted by Crippen LogP contribution is -2.52. The SMILES string of the molecule is Cl.Cl.NC1(C(=O)NCC2CCN(Cc3ccccc3F)C2)CCCC1. The highest BCUT2D eigenvalue weighted by Crippen LogP contribution is 2.27. The van der Waals surface area contributed by atoms with Gasteiger partial charge in [0.05, 0.1) is 5.54 Å². The minimum absolute atomic E-state index is 0. The minimum Gasteiger partial charge on any atom is -0.354 e. The van der Waals surface area contributed by atoms with E-state index in [4.69, 9.17) is 5.73 Å². The van der Waals surface area contributed by atoms with Crippen LogP contribution in [-0.2, 0) is 11.3 Å². The highest BCUT2D eigenvalue weighted by atomic mass is 35.5. The molecular formula is C18H28Cl2FN3O. The van der Waals surface area contributed by atoms with E-state index in [1.807, 2.05) is 12.1 Å². The van der Waals surface area contributed by atoms with E-state index in [2.05, 4.69) is 10.2 Å². The second-order valence-corrected chi connectivity index (χ2v) is 7.05. The van der Waals surface area contributed by atoms with Crippen molar-refractivity contribution in [1.82, 2.24) is 10.2 Å². The van der Waals surface area contributed by atoms with Crippen molar-refractivity contribution in [1.29, 1.82) is 0 Å². The maximum atomic E-state index is 13.7. The van der Waals surface area contributed by atoms with Crippen LogP contribution in [0.5, 0.6) is 0 Å². The summed E-state index contributed by atoms with van der Waals surface area (Å²) in [7, 11) is 0. The average molecular weight is 392 g/mol. The van der Waals surface area contributed by atoms with E-state index in [1.165, 1.54) is 6.07 Å². The molecule has 7 heteroatoms. The first-order valence-electron chi connectivity index (χ1n) is 8.60. The zero-order chi connectivity index (χ0) is 16.3. The molecule has 0 radical (unpaired) electrons. The van der Waals surface area contributed by atoms with Crippen molar-refractivity contribution in [2.45, 2.75) is 44.2 Å². The van der Waals surface area contributed by atoms with Crippen molar-refractivity contribution in [2.75, 3.05) is 19.6 Å². The third-order valence-corrected chi connectivity index (χ3v) is 5.22. The van der Waals surface area contributed by atoms with Crippen molar-refractivity contribution >= 4 is 30.7 Å². The molecule has 1 aliphatic heterocycles. The number of carbonyl (C=O) groups excluding carboxylic acids is 1. The Kier molecular flexibility index (Phi) is 8.61. The fourth-order valence-electron chi connectivity index (χ4n) is 3.74. The van der Waals surface area contributed by atoms with Crippen LogP contribution < -0.4 is 11.1 Å². The van der Waals surface area contributed by atoms with E-state index >= 15 is 0 Å². The number of nitrogens with zero attached hydrogens (tertiary/aromatic N) is 1. The van der Waals surface area contributed by atoms with E-state index < -0.39 is 5.54 Å². The van der Waals surface area contributed by atoms with E-state index in [0.717, 1.165) is 50.8 Å². The molecule has 1 saturated carbocycles. The van der Waals surface area contributed by atoms with Gasteiger partial charge in [-0.2, -0.15) is 0 Å². The molecule has 1 unspecified atom stereocenters. The molecule has 2 aliphatic rings. The maximum Gasteiger partial charge on any atom is 0.240 e. The number of rotatable bonds is 5. The Bertz CT molecular complexity index is 567. The van der Waals surface area contributed by atoms with Crippen LogP contribution in [0.1, 0.15) is 37.7 Å². The molecule has 3 N–H and O–H groups in total. The predicted octanol–water partition coefficient (Wildman–Crippen LogP) is 2.88. The van der Waals surface area contributed by atoms with Gasteiger partial charge >= 0.3 is 0 Å². The van der Waals surface area contributed by atoms with Gasteiger partial charge in [-0.3, -0.25) is 9.69 Å². The lowest BCUT2D eigenvalue weighted by atomic mass is 9.97. The number of halogens is 3. The number of amides is 1. The Hall–Kier alpha value is -0.880. The molecular weight excluding hydrogens is 364 g/mol. The first kappa shape index (κ1) is 22.2. The van der Waals surface area contributed by atoms with Crippen LogP contribution in [0.2, 0.25) is 0 Å². The zero-order valence-corrected chi connectivity index (χ0v) is 16.0. The molecule has 3 rings (SSSR count). The molecule has 1 amide bonds. The Labute approximate surface area is 161 Å². The number of nitrogens with two attached hydrogens (primary N) is 1. The first-order valence-corrected chi connectivity index (χ1v) is 8.60. The molecule has 4 nitrogen and oxygen atoms in total. The molecule has 1 saturated heterocycles. The van der Waals surface area contributed by atoms with Gasteiger partial charge in [0.15, 0.2) is 0 Å². The molecule has 1 aromatic rings. The summed E-state index contributed by atoms with van der Waals surface area (Å²) < 4.78 is 13.7. The number of nitrogens with one attached hydrogen (secondary N) is 1. The molecule has 0 aromatic heterocycles. The van der Waals surface area contributed by atoms with Gasteiger partial charge in [-0.15, -0.1) is 24.8 Å². The Morgan fingerprint density at radius 2 is 1.96 bits per heavy atom. The van der Waals surface area contributed by atoms with Crippen molar-refractivity contribution in [3.05, 3.63) is 35.6 Å². The minimum atomic E-state index is -0.647. The largest absolute Gasteiger partial charge is 0.354 e. The fourth-order valence-corrected chi connectivity index (χ4v) is 3.74. The Balaban J connectivity index is 0.00000156. The smallest absolute Gasteiger partial charge is 0.240 e. The van der Waals surface area contributed by atoms with Crippen molar-refractivity contribution in [3.63, 3.8) is 0 Å². The summed E-state index contributed by atoms with van der Waals surface area (Å²) in [5.74, 6) is 0.286. The molecule has 1 atom stereocenters. The average Bonchev–Trinajstić information content (AvgIpc) is 3.17. The van der Waals surface area contributed by atoms with Gasteiger partial charge in [-0.25, -0.2) is 4.39 Å². The second kappa shape index (κ2) is 9.72. The van der Waals surface area contributed by atoms with Crippen LogP contribution in [0.15, 0.2) is 24.3 Å². The molecule has 142 valence electrons. The third kappa shape index (κ3) is 5.55. The van der Waals surface area contributed by atoms with Crippen molar-refractivity contribution < 1.29 is 9.18 Å². The number of carbonyl (C=O) groups is 1.